The standard InChI is InChI=1S/C10H15N3/c1-9-8-12-6-7-13(9)10-2-4-11-5-3-10/h2-5,9,12H,6-8H2,1H3/t9-/m0/s1. The Morgan fingerprint density at radius 3 is 2.92 bits per heavy atom. The number of hydrogen-bond donors (Lipinski definition) is 1. The Balaban J connectivity index is 2.15. The zero-order valence-corrected chi connectivity index (χ0v) is 7.90. The number of nitrogens with zero attached hydrogens (tertiary/aromatic N) is 2. The van der Waals surface area contributed by atoms with Crippen LogP contribution in [0.2, 0.25) is 0 Å². The number of nitrogens with one attached hydrogen (secondary N) is 1. The Morgan fingerprint density at radius 1 is 1.46 bits per heavy atom. The number of pyridine rings is 1. The predicted octanol–water partition coefficient (Wildman–Crippen LogP) is 0.880. The van der Waals surface area contributed by atoms with E-state index in [0.29, 0.717) is 6.04 Å². The summed E-state index contributed by atoms with van der Waals surface area (Å²) < 4.78 is 0. The molecule has 0 saturated carbocycles. The highest BCUT2D eigenvalue weighted by Gasteiger charge is 2.17. The van der Waals surface area contributed by atoms with Crippen molar-refractivity contribution >= 4 is 5.69 Å². The van der Waals surface area contributed by atoms with E-state index in [2.05, 4.69) is 34.3 Å². The molecular weight excluding hydrogens is 162 g/mol. The van der Waals surface area contributed by atoms with Crippen LogP contribution in [0.5, 0.6) is 0 Å². The van der Waals surface area contributed by atoms with Gasteiger partial charge in [-0.2, -0.15) is 0 Å². The lowest BCUT2D eigenvalue weighted by atomic mass is 10.2. The van der Waals surface area contributed by atoms with Crippen LogP contribution in [0.25, 0.3) is 0 Å². The third-order valence-corrected chi connectivity index (χ3v) is 2.50. The lowest BCUT2D eigenvalue weighted by Crippen LogP contribution is -2.49. The Hall–Kier alpha value is -1.09. The fourth-order valence-corrected chi connectivity index (χ4v) is 1.76. The number of aromatic nitrogens is 1. The summed E-state index contributed by atoms with van der Waals surface area (Å²) >= 11 is 0. The molecule has 0 amide bonds. The molecule has 1 aliphatic rings. The van der Waals surface area contributed by atoms with Crippen molar-refractivity contribution in [1.29, 1.82) is 0 Å². The third-order valence-electron chi connectivity index (χ3n) is 2.50. The molecule has 2 rings (SSSR count). The zero-order chi connectivity index (χ0) is 9.10. The maximum atomic E-state index is 4.02. The summed E-state index contributed by atoms with van der Waals surface area (Å²) in [6.07, 6.45) is 3.70. The SMILES string of the molecule is C[C@H]1CNCCN1c1ccncc1. The number of anilines is 1. The second-order valence-corrected chi connectivity index (χ2v) is 3.45. The molecule has 1 aromatic rings. The van der Waals surface area contributed by atoms with E-state index in [-0.39, 0.29) is 0 Å². The van der Waals surface area contributed by atoms with E-state index >= 15 is 0 Å². The monoisotopic (exact) mass is 177 g/mol. The van der Waals surface area contributed by atoms with E-state index in [1.54, 1.807) is 0 Å². The summed E-state index contributed by atoms with van der Waals surface area (Å²) in [4.78, 5) is 6.44. The third kappa shape index (κ3) is 1.80. The summed E-state index contributed by atoms with van der Waals surface area (Å²) in [6.45, 7) is 5.48. The first-order valence-corrected chi connectivity index (χ1v) is 4.75. The Bertz CT molecular complexity index is 260. The van der Waals surface area contributed by atoms with E-state index in [1.165, 1.54) is 5.69 Å². The first-order chi connectivity index (χ1) is 6.38. The smallest absolute Gasteiger partial charge is 0.0400 e. The van der Waals surface area contributed by atoms with E-state index < -0.39 is 0 Å². The minimum atomic E-state index is 0.580. The van der Waals surface area contributed by atoms with Gasteiger partial charge in [0.25, 0.3) is 0 Å². The van der Waals surface area contributed by atoms with E-state index in [4.69, 9.17) is 0 Å². The molecule has 3 nitrogen and oxygen atoms in total. The molecule has 1 saturated heterocycles. The van der Waals surface area contributed by atoms with Crippen LogP contribution >= 0.6 is 0 Å². The molecule has 0 radical (unpaired) electrons. The lowest BCUT2D eigenvalue weighted by Gasteiger charge is -2.35. The second kappa shape index (κ2) is 3.75. The lowest BCUT2D eigenvalue weighted by molar-refractivity contribution is 0.501. The Morgan fingerprint density at radius 2 is 2.23 bits per heavy atom. The molecule has 0 aromatic carbocycles. The first kappa shape index (κ1) is 8.51. The van der Waals surface area contributed by atoms with Gasteiger partial charge in [-0.15, -0.1) is 0 Å². The molecule has 0 aliphatic carbocycles. The van der Waals surface area contributed by atoms with Crippen molar-refractivity contribution in [2.24, 2.45) is 0 Å². The molecule has 3 heteroatoms. The highest BCUT2D eigenvalue weighted by Crippen LogP contribution is 2.16. The molecule has 1 atom stereocenters. The minimum absolute atomic E-state index is 0.580. The van der Waals surface area contributed by atoms with Crippen molar-refractivity contribution in [1.82, 2.24) is 10.3 Å². The minimum Gasteiger partial charge on any atom is -0.366 e. The zero-order valence-electron chi connectivity index (χ0n) is 7.90. The van der Waals surface area contributed by atoms with E-state index in [1.807, 2.05) is 12.4 Å². The van der Waals surface area contributed by atoms with Crippen LogP contribution in [0.4, 0.5) is 5.69 Å². The van der Waals surface area contributed by atoms with Crippen molar-refractivity contribution in [2.75, 3.05) is 24.5 Å². The number of rotatable bonds is 1. The van der Waals surface area contributed by atoms with Gasteiger partial charge in [-0.25, -0.2) is 0 Å². The van der Waals surface area contributed by atoms with Crippen LogP contribution in [0.3, 0.4) is 0 Å². The van der Waals surface area contributed by atoms with Crippen molar-refractivity contribution in [3.8, 4) is 0 Å². The topological polar surface area (TPSA) is 28.2 Å². The fourth-order valence-electron chi connectivity index (χ4n) is 1.76. The van der Waals surface area contributed by atoms with Gasteiger partial charge in [0.2, 0.25) is 0 Å². The van der Waals surface area contributed by atoms with Gasteiger partial charge in [0.05, 0.1) is 0 Å². The summed E-state index contributed by atoms with van der Waals surface area (Å²) in [5.41, 5.74) is 1.28. The molecule has 1 aromatic heterocycles. The maximum absolute atomic E-state index is 4.02. The summed E-state index contributed by atoms with van der Waals surface area (Å²) in [5, 5.41) is 3.38. The summed E-state index contributed by atoms with van der Waals surface area (Å²) in [6, 6.07) is 4.72. The van der Waals surface area contributed by atoms with Gasteiger partial charge in [-0.3, -0.25) is 4.98 Å². The highest BCUT2D eigenvalue weighted by molar-refractivity contribution is 5.46. The second-order valence-electron chi connectivity index (χ2n) is 3.45. The van der Waals surface area contributed by atoms with Crippen LogP contribution in [0, 0.1) is 0 Å². The van der Waals surface area contributed by atoms with E-state index in [9.17, 15) is 0 Å². The first-order valence-electron chi connectivity index (χ1n) is 4.75. The normalized spacial score (nSPS) is 23.2. The van der Waals surface area contributed by atoms with Crippen LogP contribution in [0.15, 0.2) is 24.5 Å². The van der Waals surface area contributed by atoms with Gasteiger partial charge < -0.3 is 10.2 Å². The predicted molar refractivity (Wildman–Crippen MR) is 53.9 cm³/mol. The van der Waals surface area contributed by atoms with Crippen molar-refractivity contribution < 1.29 is 0 Å². The van der Waals surface area contributed by atoms with Crippen LogP contribution in [-0.4, -0.2) is 30.7 Å². The molecule has 0 spiro atoms. The molecule has 0 bridgehead atoms. The quantitative estimate of drug-likeness (QED) is 0.690. The number of hydrogen-bond acceptors (Lipinski definition) is 3. The largest absolute Gasteiger partial charge is 0.366 e. The van der Waals surface area contributed by atoms with Crippen molar-refractivity contribution in [3.63, 3.8) is 0 Å². The van der Waals surface area contributed by atoms with Gasteiger partial charge in [-0.05, 0) is 19.1 Å². The molecular formula is C10H15N3. The Labute approximate surface area is 78.8 Å². The average Bonchev–Trinajstić information content (AvgIpc) is 2.20. The van der Waals surface area contributed by atoms with Gasteiger partial charge >= 0.3 is 0 Å². The summed E-state index contributed by atoms with van der Waals surface area (Å²) in [5.74, 6) is 0. The highest BCUT2D eigenvalue weighted by atomic mass is 15.2. The molecule has 1 N–H and O–H groups in total. The van der Waals surface area contributed by atoms with Gasteiger partial charge in [0, 0.05) is 43.8 Å². The number of piperazine rings is 1. The van der Waals surface area contributed by atoms with Gasteiger partial charge in [0.15, 0.2) is 0 Å². The molecule has 1 fully saturated rings. The van der Waals surface area contributed by atoms with Gasteiger partial charge in [0.1, 0.15) is 0 Å². The van der Waals surface area contributed by atoms with Crippen molar-refractivity contribution in [2.45, 2.75) is 13.0 Å². The molecule has 13 heavy (non-hydrogen) atoms. The van der Waals surface area contributed by atoms with Gasteiger partial charge in [-0.1, -0.05) is 0 Å². The van der Waals surface area contributed by atoms with Crippen LogP contribution < -0.4 is 10.2 Å². The molecule has 70 valence electrons. The molecule has 0 unspecified atom stereocenters. The van der Waals surface area contributed by atoms with Crippen LogP contribution in [0.1, 0.15) is 6.92 Å². The van der Waals surface area contributed by atoms with Crippen LogP contribution in [-0.2, 0) is 0 Å². The van der Waals surface area contributed by atoms with E-state index in [0.717, 1.165) is 19.6 Å². The fraction of sp³-hybridized carbons (Fsp3) is 0.500. The maximum Gasteiger partial charge on any atom is 0.0400 e. The average molecular weight is 177 g/mol. The van der Waals surface area contributed by atoms with Crippen molar-refractivity contribution in [3.05, 3.63) is 24.5 Å². The Kier molecular flexibility index (Phi) is 2.45. The summed E-state index contributed by atoms with van der Waals surface area (Å²) in [7, 11) is 0. The molecule has 2 heterocycles. The molecule has 1 aliphatic heterocycles.